The minimum absolute atomic E-state index is 0.0117. The van der Waals surface area contributed by atoms with Crippen molar-refractivity contribution in [2.45, 2.75) is 6.10 Å². The molecule has 13 heavy (non-hydrogen) atoms. The predicted molar refractivity (Wildman–Crippen MR) is 41.9 cm³/mol. The molecule has 0 aliphatic heterocycles. The summed E-state index contributed by atoms with van der Waals surface area (Å²) >= 11 is 0. The van der Waals surface area contributed by atoms with Gasteiger partial charge >= 0.3 is 0 Å². The molecule has 0 bridgehead atoms. The minimum Gasteiger partial charge on any atom is -0.394 e. The van der Waals surface area contributed by atoms with E-state index in [2.05, 4.69) is 15.0 Å². The topological polar surface area (TPSA) is 95.6 Å². The normalized spacial score (nSPS) is 12.5. The maximum Gasteiger partial charge on any atom is 0.273 e. The van der Waals surface area contributed by atoms with Crippen LogP contribution in [0, 0.1) is 0 Å². The zero-order chi connectivity index (χ0) is 9.68. The maximum atomic E-state index is 11.1. The Morgan fingerprint density at radius 3 is 3.08 bits per heavy atom. The van der Waals surface area contributed by atoms with Crippen molar-refractivity contribution in [2.75, 3.05) is 13.2 Å². The van der Waals surface area contributed by atoms with Gasteiger partial charge in [0.1, 0.15) is 6.26 Å². The summed E-state index contributed by atoms with van der Waals surface area (Å²) in [5, 5.41) is 23.1. The molecule has 1 atom stereocenters. The van der Waals surface area contributed by atoms with Crippen LogP contribution in [0.2, 0.25) is 0 Å². The van der Waals surface area contributed by atoms with E-state index < -0.39 is 12.0 Å². The lowest BCUT2D eigenvalue weighted by molar-refractivity contribution is 0.0796. The van der Waals surface area contributed by atoms with Crippen LogP contribution >= 0.6 is 0 Å². The lowest BCUT2D eigenvalue weighted by Crippen LogP contribution is -2.33. The smallest absolute Gasteiger partial charge is 0.273 e. The summed E-state index contributed by atoms with van der Waals surface area (Å²) in [4.78, 5) is 11.1. The van der Waals surface area contributed by atoms with Crippen LogP contribution in [0.25, 0.3) is 0 Å². The molecule has 1 amide bonds. The number of hydrogen-bond acceptors (Lipinski definition) is 5. The fourth-order valence-electron chi connectivity index (χ4n) is 0.695. The van der Waals surface area contributed by atoms with E-state index in [0.717, 1.165) is 0 Å². The van der Waals surface area contributed by atoms with Gasteiger partial charge in [0.25, 0.3) is 5.91 Å². The van der Waals surface area contributed by atoms with Crippen LogP contribution in [0.15, 0.2) is 16.9 Å². The lowest BCUT2D eigenvalue weighted by atomic mass is 10.3. The number of carbonyl (C=O) groups is 1. The number of rotatable bonds is 4. The summed E-state index contributed by atoms with van der Waals surface area (Å²) in [5.41, 5.74) is 0.144. The molecule has 1 rings (SSSR count). The van der Waals surface area contributed by atoms with Gasteiger partial charge < -0.3 is 20.1 Å². The van der Waals surface area contributed by atoms with E-state index in [9.17, 15) is 4.79 Å². The van der Waals surface area contributed by atoms with Crippen LogP contribution in [-0.2, 0) is 0 Å². The number of carbonyl (C=O) groups excluding carboxylic acids is 1. The Morgan fingerprint density at radius 1 is 1.77 bits per heavy atom. The van der Waals surface area contributed by atoms with E-state index >= 15 is 0 Å². The first-order valence-electron chi connectivity index (χ1n) is 3.71. The van der Waals surface area contributed by atoms with E-state index in [1.165, 1.54) is 12.3 Å². The van der Waals surface area contributed by atoms with E-state index in [1.54, 1.807) is 0 Å². The van der Waals surface area contributed by atoms with Gasteiger partial charge in [-0.2, -0.15) is 0 Å². The lowest BCUT2D eigenvalue weighted by Gasteiger charge is -2.06. The second-order valence-corrected chi connectivity index (χ2v) is 2.43. The molecule has 6 nitrogen and oxygen atoms in total. The van der Waals surface area contributed by atoms with Crippen molar-refractivity contribution < 1.29 is 19.5 Å². The number of amides is 1. The first-order chi connectivity index (χ1) is 6.24. The number of aliphatic hydroxyl groups is 2. The Balaban J connectivity index is 2.35. The molecular formula is C7H10N2O4. The van der Waals surface area contributed by atoms with Gasteiger partial charge in [0.15, 0.2) is 5.69 Å². The predicted octanol–water partition coefficient (Wildman–Crippen LogP) is -1.24. The van der Waals surface area contributed by atoms with Crippen LogP contribution in [0.1, 0.15) is 10.5 Å². The summed E-state index contributed by atoms with van der Waals surface area (Å²) in [7, 11) is 0. The summed E-state index contributed by atoms with van der Waals surface area (Å²) in [6, 6.07) is 1.40. The molecule has 0 aliphatic rings. The summed E-state index contributed by atoms with van der Waals surface area (Å²) in [6.45, 7) is -0.401. The second-order valence-electron chi connectivity index (χ2n) is 2.43. The van der Waals surface area contributed by atoms with Crippen molar-refractivity contribution >= 4 is 5.91 Å². The third kappa shape index (κ3) is 2.85. The third-order valence-electron chi connectivity index (χ3n) is 1.38. The Kier molecular flexibility index (Phi) is 3.41. The van der Waals surface area contributed by atoms with Crippen molar-refractivity contribution in [3.63, 3.8) is 0 Å². The van der Waals surface area contributed by atoms with Crippen LogP contribution in [0.3, 0.4) is 0 Å². The highest BCUT2D eigenvalue weighted by Gasteiger charge is 2.09. The number of aromatic nitrogens is 1. The third-order valence-corrected chi connectivity index (χ3v) is 1.38. The number of nitrogens with one attached hydrogen (secondary N) is 1. The van der Waals surface area contributed by atoms with E-state index in [1.807, 2.05) is 0 Å². The van der Waals surface area contributed by atoms with Gasteiger partial charge in [-0.1, -0.05) is 5.16 Å². The standard InChI is InChI=1S/C7H10N2O4/c10-4-5(11)3-8-7(12)6-1-2-13-9-6/h1-2,5,10-11H,3-4H2,(H,8,12). The number of aliphatic hydroxyl groups excluding tert-OH is 2. The van der Waals surface area contributed by atoms with Crippen LogP contribution in [0.4, 0.5) is 0 Å². The molecule has 0 saturated carbocycles. The van der Waals surface area contributed by atoms with Crippen LogP contribution in [0.5, 0.6) is 0 Å². The van der Waals surface area contributed by atoms with E-state index in [0.29, 0.717) is 0 Å². The summed E-state index contributed by atoms with van der Waals surface area (Å²) in [6.07, 6.45) is 0.327. The Morgan fingerprint density at radius 2 is 2.54 bits per heavy atom. The van der Waals surface area contributed by atoms with Crippen molar-refractivity contribution in [1.82, 2.24) is 10.5 Å². The highest BCUT2D eigenvalue weighted by Crippen LogP contribution is 1.93. The summed E-state index contributed by atoms with van der Waals surface area (Å²) in [5.74, 6) is -0.443. The van der Waals surface area contributed by atoms with Crippen molar-refractivity contribution in [2.24, 2.45) is 0 Å². The SMILES string of the molecule is O=C(NCC(O)CO)c1ccon1. The van der Waals surface area contributed by atoms with E-state index in [-0.39, 0.29) is 18.8 Å². The minimum atomic E-state index is -0.948. The molecule has 0 radical (unpaired) electrons. The molecule has 6 heteroatoms. The van der Waals surface area contributed by atoms with Crippen molar-refractivity contribution in [3.8, 4) is 0 Å². The fourth-order valence-corrected chi connectivity index (χ4v) is 0.695. The first-order valence-corrected chi connectivity index (χ1v) is 3.71. The number of hydrogen-bond donors (Lipinski definition) is 3. The zero-order valence-corrected chi connectivity index (χ0v) is 6.80. The molecule has 1 aromatic heterocycles. The van der Waals surface area contributed by atoms with Gasteiger partial charge in [-0.05, 0) is 0 Å². The molecule has 1 heterocycles. The van der Waals surface area contributed by atoms with Gasteiger partial charge in [0, 0.05) is 12.6 Å². The average molecular weight is 186 g/mol. The van der Waals surface area contributed by atoms with Crippen molar-refractivity contribution in [1.29, 1.82) is 0 Å². The Labute approximate surface area is 74.2 Å². The monoisotopic (exact) mass is 186 g/mol. The van der Waals surface area contributed by atoms with Crippen molar-refractivity contribution in [3.05, 3.63) is 18.0 Å². The highest BCUT2D eigenvalue weighted by atomic mass is 16.5. The molecule has 1 aromatic rings. The fraction of sp³-hybridized carbons (Fsp3) is 0.429. The van der Waals surface area contributed by atoms with Gasteiger partial charge in [-0.25, -0.2) is 0 Å². The molecule has 0 fully saturated rings. The number of nitrogens with zero attached hydrogens (tertiary/aromatic N) is 1. The van der Waals surface area contributed by atoms with Gasteiger partial charge in [-0.15, -0.1) is 0 Å². The Bertz CT molecular complexity index is 259. The molecule has 0 aliphatic carbocycles. The largest absolute Gasteiger partial charge is 0.394 e. The Hall–Kier alpha value is -1.40. The zero-order valence-electron chi connectivity index (χ0n) is 6.80. The maximum absolute atomic E-state index is 11.1. The van der Waals surface area contributed by atoms with Crippen LogP contribution < -0.4 is 5.32 Å². The first kappa shape index (κ1) is 9.69. The highest BCUT2D eigenvalue weighted by molar-refractivity contribution is 5.91. The molecule has 0 aromatic carbocycles. The second kappa shape index (κ2) is 4.58. The van der Waals surface area contributed by atoms with Gasteiger partial charge in [0.05, 0.1) is 12.7 Å². The molecule has 0 saturated heterocycles. The van der Waals surface area contributed by atoms with E-state index in [4.69, 9.17) is 10.2 Å². The molecule has 1 unspecified atom stereocenters. The van der Waals surface area contributed by atoms with Crippen LogP contribution in [-0.4, -0.2) is 40.5 Å². The van der Waals surface area contributed by atoms with Gasteiger partial charge in [-0.3, -0.25) is 4.79 Å². The molecule has 72 valence electrons. The average Bonchev–Trinajstić information content (AvgIpc) is 2.66. The molecule has 0 spiro atoms. The molecule has 3 N–H and O–H groups in total. The molecular weight excluding hydrogens is 176 g/mol. The van der Waals surface area contributed by atoms with Gasteiger partial charge in [0.2, 0.25) is 0 Å². The quantitative estimate of drug-likeness (QED) is 0.546. The summed E-state index contributed by atoms with van der Waals surface area (Å²) < 4.78 is 4.45.